The highest BCUT2D eigenvalue weighted by atomic mass is 16.3. The van der Waals surface area contributed by atoms with Gasteiger partial charge in [0.05, 0.1) is 19.0 Å². The molecule has 0 saturated carbocycles. The van der Waals surface area contributed by atoms with Crippen LogP contribution in [0, 0.1) is 0 Å². The van der Waals surface area contributed by atoms with Crippen LogP contribution in [0.3, 0.4) is 0 Å². The summed E-state index contributed by atoms with van der Waals surface area (Å²) in [6.07, 6.45) is 17.6. The number of nitrogens with zero attached hydrogens (tertiary/aromatic N) is 2. The first-order valence-corrected chi connectivity index (χ1v) is 8.92. The molecule has 1 aliphatic heterocycles. The van der Waals surface area contributed by atoms with Gasteiger partial charge in [0.2, 0.25) is 0 Å². The first kappa shape index (κ1) is 18.2. The van der Waals surface area contributed by atoms with Gasteiger partial charge in [-0.15, -0.1) is 0 Å². The Balaban J connectivity index is 1.93. The minimum absolute atomic E-state index is 0.233. The largest absolute Gasteiger partial charge is 0.395 e. The third kappa shape index (κ3) is 8.92. The SMILES string of the molecule is CCCCCCCC/C=C/CCCC1=NCCN1CCO. The smallest absolute Gasteiger partial charge is 0.0991 e. The molecule has 1 aliphatic rings. The second-order valence-corrected chi connectivity index (χ2v) is 5.93. The number of hydrogen-bond acceptors (Lipinski definition) is 3. The fourth-order valence-corrected chi connectivity index (χ4v) is 2.78. The zero-order chi connectivity index (χ0) is 15.2. The molecule has 1 heterocycles. The number of rotatable bonds is 13. The van der Waals surface area contributed by atoms with E-state index in [1.807, 2.05) is 0 Å². The van der Waals surface area contributed by atoms with Crippen molar-refractivity contribution in [3.05, 3.63) is 12.2 Å². The molecule has 3 heteroatoms. The molecule has 0 saturated heterocycles. The fraction of sp³-hybridized carbons (Fsp3) is 0.833. The molecule has 0 atom stereocenters. The molecule has 0 aromatic heterocycles. The van der Waals surface area contributed by atoms with Crippen molar-refractivity contribution in [1.82, 2.24) is 4.90 Å². The van der Waals surface area contributed by atoms with E-state index in [2.05, 4.69) is 29.0 Å². The number of aliphatic hydroxyl groups excluding tert-OH is 1. The van der Waals surface area contributed by atoms with Crippen LogP contribution in [0.25, 0.3) is 0 Å². The predicted octanol–water partition coefficient (Wildman–Crippen LogP) is 4.17. The van der Waals surface area contributed by atoms with Crippen LogP contribution in [0.15, 0.2) is 17.1 Å². The summed E-state index contributed by atoms with van der Waals surface area (Å²) in [5.41, 5.74) is 0. The Bertz CT molecular complexity index is 300. The summed E-state index contributed by atoms with van der Waals surface area (Å²) >= 11 is 0. The van der Waals surface area contributed by atoms with Gasteiger partial charge in [0, 0.05) is 19.5 Å². The number of aliphatic imine (C=N–C) groups is 1. The Labute approximate surface area is 131 Å². The summed E-state index contributed by atoms with van der Waals surface area (Å²) < 4.78 is 0. The lowest BCUT2D eigenvalue weighted by Crippen LogP contribution is -2.30. The Morgan fingerprint density at radius 1 is 1.05 bits per heavy atom. The van der Waals surface area contributed by atoms with Crippen LogP contribution in [0.5, 0.6) is 0 Å². The van der Waals surface area contributed by atoms with Gasteiger partial charge in [-0.25, -0.2) is 0 Å². The van der Waals surface area contributed by atoms with Crippen molar-refractivity contribution in [2.45, 2.75) is 71.1 Å². The molecule has 0 aromatic carbocycles. The van der Waals surface area contributed by atoms with Crippen molar-refractivity contribution in [2.24, 2.45) is 4.99 Å². The molecule has 0 spiro atoms. The van der Waals surface area contributed by atoms with Crippen molar-refractivity contribution in [3.63, 3.8) is 0 Å². The number of β-amino-alcohol motifs (C(OH)–C–C–N with tert-alkyl or cyclic N) is 1. The third-order valence-corrected chi connectivity index (χ3v) is 4.06. The van der Waals surface area contributed by atoms with Gasteiger partial charge in [-0.3, -0.25) is 4.99 Å². The molecular weight excluding hydrogens is 260 g/mol. The standard InChI is InChI=1S/C18H34N2O/c1-2-3-4-5-6-7-8-9-10-11-12-13-18-19-14-15-20(18)16-17-21/h9-10,21H,2-8,11-17H2,1H3/b10-9+. The number of hydrogen-bond donors (Lipinski definition) is 1. The number of aliphatic hydroxyl groups is 1. The number of allylic oxidation sites excluding steroid dienone is 2. The maximum absolute atomic E-state index is 9.00. The average Bonchev–Trinajstić information content (AvgIpc) is 2.92. The first-order chi connectivity index (χ1) is 10.4. The van der Waals surface area contributed by atoms with Gasteiger partial charge in [-0.1, -0.05) is 51.2 Å². The Kier molecular flexibility index (Phi) is 11.2. The van der Waals surface area contributed by atoms with Crippen molar-refractivity contribution in [3.8, 4) is 0 Å². The molecule has 122 valence electrons. The molecule has 1 N–H and O–H groups in total. The van der Waals surface area contributed by atoms with E-state index in [0.717, 1.165) is 32.5 Å². The molecule has 0 aliphatic carbocycles. The summed E-state index contributed by atoms with van der Waals surface area (Å²) in [4.78, 5) is 6.75. The van der Waals surface area contributed by atoms with E-state index in [9.17, 15) is 0 Å². The van der Waals surface area contributed by atoms with Crippen molar-refractivity contribution in [1.29, 1.82) is 0 Å². The first-order valence-electron chi connectivity index (χ1n) is 8.92. The number of amidine groups is 1. The summed E-state index contributed by atoms with van der Waals surface area (Å²) in [5, 5.41) is 9.00. The summed E-state index contributed by atoms with van der Waals surface area (Å²) in [7, 11) is 0. The van der Waals surface area contributed by atoms with Crippen LogP contribution in [0.4, 0.5) is 0 Å². The van der Waals surface area contributed by atoms with E-state index in [0.29, 0.717) is 0 Å². The van der Waals surface area contributed by atoms with E-state index >= 15 is 0 Å². The van der Waals surface area contributed by atoms with E-state index in [1.165, 1.54) is 57.2 Å². The average molecular weight is 294 g/mol. The highest BCUT2D eigenvalue weighted by Crippen LogP contribution is 2.10. The van der Waals surface area contributed by atoms with Gasteiger partial charge < -0.3 is 10.0 Å². The predicted molar refractivity (Wildman–Crippen MR) is 91.9 cm³/mol. The third-order valence-electron chi connectivity index (χ3n) is 4.06. The van der Waals surface area contributed by atoms with Crippen LogP contribution in [-0.4, -0.2) is 42.1 Å². The van der Waals surface area contributed by atoms with Crippen LogP contribution >= 0.6 is 0 Å². The molecular formula is C18H34N2O. The lowest BCUT2D eigenvalue weighted by Gasteiger charge is -2.18. The van der Waals surface area contributed by atoms with Crippen LogP contribution < -0.4 is 0 Å². The fourth-order valence-electron chi connectivity index (χ4n) is 2.78. The van der Waals surface area contributed by atoms with Crippen molar-refractivity contribution < 1.29 is 5.11 Å². The Morgan fingerprint density at radius 3 is 2.52 bits per heavy atom. The highest BCUT2D eigenvalue weighted by Gasteiger charge is 2.14. The van der Waals surface area contributed by atoms with Gasteiger partial charge in [0.25, 0.3) is 0 Å². The van der Waals surface area contributed by atoms with E-state index in [4.69, 9.17) is 5.11 Å². The van der Waals surface area contributed by atoms with Crippen LogP contribution in [0.2, 0.25) is 0 Å². The summed E-state index contributed by atoms with van der Waals surface area (Å²) in [6, 6.07) is 0. The maximum Gasteiger partial charge on any atom is 0.0991 e. The molecule has 0 aromatic rings. The topological polar surface area (TPSA) is 35.8 Å². The molecule has 0 radical (unpaired) electrons. The molecule has 0 bridgehead atoms. The van der Waals surface area contributed by atoms with Gasteiger partial charge in [0.1, 0.15) is 0 Å². The molecule has 3 nitrogen and oxygen atoms in total. The summed E-state index contributed by atoms with van der Waals surface area (Å²) in [5.74, 6) is 1.20. The normalized spacial score (nSPS) is 15.1. The van der Waals surface area contributed by atoms with Crippen molar-refractivity contribution in [2.75, 3.05) is 26.2 Å². The van der Waals surface area contributed by atoms with Gasteiger partial charge >= 0.3 is 0 Å². The second-order valence-electron chi connectivity index (χ2n) is 5.93. The molecule has 0 unspecified atom stereocenters. The lowest BCUT2D eigenvalue weighted by molar-refractivity contribution is 0.255. The van der Waals surface area contributed by atoms with Crippen LogP contribution in [0.1, 0.15) is 71.1 Å². The second kappa shape index (κ2) is 12.9. The zero-order valence-electron chi connectivity index (χ0n) is 13.9. The van der Waals surface area contributed by atoms with E-state index in [1.54, 1.807) is 0 Å². The maximum atomic E-state index is 9.00. The monoisotopic (exact) mass is 294 g/mol. The Hall–Kier alpha value is -0.830. The van der Waals surface area contributed by atoms with Crippen molar-refractivity contribution >= 4 is 5.84 Å². The van der Waals surface area contributed by atoms with E-state index in [-0.39, 0.29) is 6.61 Å². The lowest BCUT2D eigenvalue weighted by atomic mass is 10.1. The Morgan fingerprint density at radius 2 is 1.76 bits per heavy atom. The quantitative estimate of drug-likeness (QED) is 0.409. The minimum Gasteiger partial charge on any atom is -0.395 e. The zero-order valence-corrected chi connectivity index (χ0v) is 13.9. The van der Waals surface area contributed by atoms with Crippen LogP contribution in [-0.2, 0) is 0 Å². The summed E-state index contributed by atoms with van der Waals surface area (Å²) in [6.45, 7) is 5.14. The van der Waals surface area contributed by atoms with E-state index < -0.39 is 0 Å². The number of unbranched alkanes of at least 4 members (excludes halogenated alkanes) is 7. The minimum atomic E-state index is 0.233. The molecule has 0 fully saturated rings. The molecule has 1 rings (SSSR count). The highest BCUT2D eigenvalue weighted by molar-refractivity contribution is 5.83. The van der Waals surface area contributed by atoms with Gasteiger partial charge in [-0.2, -0.15) is 0 Å². The molecule has 0 amide bonds. The molecule has 21 heavy (non-hydrogen) atoms. The van der Waals surface area contributed by atoms with Gasteiger partial charge in [0.15, 0.2) is 0 Å². The van der Waals surface area contributed by atoms with Gasteiger partial charge in [-0.05, 0) is 25.7 Å².